The van der Waals surface area contributed by atoms with E-state index < -0.39 is 0 Å². The Morgan fingerprint density at radius 1 is 1.39 bits per heavy atom. The summed E-state index contributed by atoms with van der Waals surface area (Å²) in [5.74, 6) is 0.306. The third-order valence-electron chi connectivity index (χ3n) is 2.64. The van der Waals surface area contributed by atoms with E-state index in [0.717, 1.165) is 27.6 Å². The molecule has 2 rings (SSSR count). The van der Waals surface area contributed by atoms with Crippen LogP contribution in [0.4, 0.5) is 4.39 Å². The van der Waals surface area contributed by atoms with E-state index in [1.165, 1.54) is 12.1 Å². The van der Waals surface area contributed by atoms with E-state index in [4.69, 9.17) is 5.73 Å². The van der Waals surface area contributed by atoms with E-state index in [1.807, 2.05) is 6.07 Å². The Balaban J connectivity index is 2.37. The first kappa shape index (κ1) is 13.2. The topological polar surface area (TPSA) is 38.9 Å². The van der Waals surface area contributed by atoms with Gasteiger partial charge in [-0.3, -0.25) is 0 Å². The van der Waals surface area contributed by atoms with Gasteiger partial charge in [0.25, 0.3) is 0 Å². The minimum atomic E-state index is -0.234. The molecule has 0 aliphatic carbocycles. The van der Waals surface area contributed by atoms with E-state index in [9.17, 15) is 4.39 Å². The third-order valence-corrected chi connectivity index (χ3v) is 3.81. The van der Waals surface area contributed by atoms with Crippen LogP contribution < -0.4 is 5.73 Å². The largest absolute Gasteiger partial charge is 0.326 e. The van der Waals surface area contributed by atoms with Crippen molar-refractivity contribution in [2.45, 2.75) is 26.8 Å². The Morgan fingerprint density at radius 2 is 2.17 bits per heavy atom. The lowest BCUT2D eigenvalue weighted by Crippen LogP contribution is -2.01. The summed E-state index contributed by atoms with van der Waals surface area (Å²) in [4.78, 5) is 5.70. The molecule has 96 valence electrons. The van der Waals surface area contributed by atoms with Crippen LogP contribution in [0.1, 0.15) is 24.4 Å². The van der Waals surface area contributed by atoms with Gasteiger partial charge in [-0.15, -0.1) is 11.3 Å². The molecule has 1 heterocycles. The van der Waals surface area contributed by atoms with Crippen LogP contribution >= 0.6 is 11.3 Å². The molecule has 0 spiro atoms. The lowest BCUT2D eigenvalue weighted by atomic mass is 10.1. The molecule has 1 aromatic heterocycles. The first-order valence-electron chi connectivity index (χ1n) is 6.04. The van der Waals surface area contributed by atoms with E-state index in [0.29, 0.717) is 12.5 Å². The maximum Gasteiger partial charge on any atom is 0.124 e. The molecule has 0 aliphatic heterocycles. The molecule has 0 bridgehead atoms. The molecule has 2 N–H and O–H groups in total. The molecule has 0 saturated heterocycles. The summed E-state index contributed by atoms with van der Waals surface area (Å²) in [7, 11) is 0. The Labute approximate surface area is 111 Å². The molecule has 0 atom stereocenters. The highest BCUT2D eigenvalue weighted by Gasteiger charge is 2.13. The summed E-state index contributed by atoms with van der Waals surface area (Å²) in [5, 5.41) is 0.852. The third kappa shape index (κ3) is 2.94. The van der Waals surface area contributed by atoms with E-state index in [2.05, 4.69) is 18.8 Å². The van der Waals surface area contributed by atoms with Crippen LogP contribution in [0.25, 0.3) is 10.6 Å². The Bertz CT molecular complexity index is 534. The highest BCUT2D eigenvalue weighted by atomic mass is 32.1. The first-order valence-corrected chi connectivity index (χ1v) is 6.86. The van der Waals surface area contributed by atoms with Crippen LogP contribution in [0, 0.1) is 11.7 Å². The van der Waals surface area contributed by atoms with Gasteiger partial charge in [0.2, 0.25) is 0 Å². The average molecular weight is 264 g/mol. The van der Waals surface area contributed by atoms with Crippen LogP contribution in [0.5, 0.6) is 0 Å². The Hall–Kier alpha value is -1.26. The molecule has 2 nitrogen and oxygen atoms in total. The van der Waals surface area contributed by atoms with Gasteiger partial charge in [0, 0.05) is 17.0 Å². The van der Waals surface area contributed by atoms with Crippen molar-refractivity contribution in [1.82, 2.24) is 4.98 Å². The second-order valence-corrected chi connectivity index (χ2v) is 5.78. The minimum absolute atomic E-state index is 0.234. The summed E-state index contributed by atoms with van der Waals surface area (Å²) in [6, 6.07) is 6.53. The summed E-state index contributed by atoms with van der Waals surface area (Å²) < 4.78 is 13.2. The van der Waals surface area contributed by atoms with Crippen molar-refractivity contribution in [3.63, 3.8) is 0 Å². The highest BCUT2D eigenvalue weighted by Crippen LogP contribution is 2.29. The SMILES string of the molecule is CC(C)Cc1nc(-c2cccc(F)c2)sc1CN. The molecule has 0 amide bonds. The fourth-order valence-corrected chi connectivity index (χ4v) is 2.80. The normalized spacial score (nSPS) is 11.2. The van der Waals surface area contributed by atoms with Crippen molar-refractivity contribution in [3.05, 3.63) is 40.7 Å². The van der Waals surface area contributed by atoms with Crippen LogP contribution in [0.3, 0.4) is 0 Å². The van der Waals surface area contributed by atoms with Gasteiger partial charge in [0.1, 0.15) is 10.8 Å². The predicted octanol–water partition coefficient (Wildman–Crippen LogP) is 3.61. The number of thiazole rings is 1. The molecule has 18 heavy (non-hydrogen) atoms. The van der Waals surface area contributed by atoms with Crippen molar-refractivity contribution in [2.24, 2.45) is 11.7 Å². The number of rotatable bonds is 4. The maximum atomic E-state index is 13.2. The van der Waals surface area contributed by atoms with Gasteiger partial charge < -0.3 is 5.73 Å². The van der Waals surface area contributed by atoms with Crippen molar-refractivity contribution < 1.29 is 4.39 Å². The summed E-state index contributed by atoms with van der Waals surface area (Å²) >= 11 is 1.56. The number of aromatic nitrogens is 1. The maximum absolute atomic E-state index is 13.2. The van der Waals surface area contributed by atoms with Crippen molar-refractivity contribution in [2.75, 3.05) is 0 Å². The zero-order valence-corrected chi connectivity index (χ0v) is 11.4. The molecule has 0 fully saturated rings. The minimum Gasteiger partial charge on any atom is -0.326 e. The molecule has 2 aromatic rings. The first-order chi connectivity index (χ1) is 8.60. The predicted molar refractivity (Wildman–Crippen MR) is 73.9 cm³/mol. The van der Waals surface area contributed by atoms with Crippen LogP contribution in [0.15, 0.2) is 24.3 Å². The smallest absolute Gasteiger partial charge is 0.124 e. The standard InChI is InChI=1S/C14H17FN2S/c1-9(2)6-12-13(8-16)18-14(17-12)10-4-3-5-11(15)7-10/h3-5,7,9H,6,8,16H2,1-2H3. The van der Waals surface area contributed by atoms with Crippen LogP contribution in [-0.2, 0) is 13.0 Å². The monoisotopic (exact) mass is 264 g/mol. The number of nitrogens with zero attached hydrogens (tertiary/aromatic N) is 1. The Kier molecular flexibility index (Phi) is 4.09. The fourth-order valence-electron chi connectivity index (χ4n) is 1.83. The summed E-state index contributed by atoms with van der Waals surface area (Å²) in [5.41, 5.74) is 7.62. The number of nitrogens with two attached hydrogens (primary N) is 1. The average Bonchev–Trinajstić information content (AvgIpc) is 2.71. The number of hydrogen-bond donors (Lipinski definition) is 1. The number of hydrogen-bond acceptors (Lipinski definition) is 3. The van der Waals surface area contributed by atoms with E-state index in [1.54, 1.807) is 17.4 Å². The quantitative estimate of drug-likeness (QED) is 0.916. The molecule has 0 aliphatic rings. The number of benzene rings is 1. The molecule has 0 radical (unpaired) electrons. The molecule has 0 unspecified atom stereocenters. The van der Waals surface area contributed by atoms with Gasteiger partial charge in [-0.1, -0.05) is 26.0 Å². The second kappa shape index (κ2) is 5.59. The zero-order valence-electron chi connectivity index (χ0n) is 10.6. The van der Waals surface area contributed by atoms with Gasteiger partial charge in [0.05, 0.1) is 5.69 Å². The lowest BCUT2D eigenvalue weighted by molar-refractivity contribution is 0.628. The molecule has 4 heteroatoms. The molecule has 0 saturated carbocycles. The van der Waals surface area contributed by atoms with Gasteiger partial charge in [-0.2, -0.15) is 0 Å². The molecular formula is C14H17FN2S. The van der Waals surface area contributed by atoms with Gasteiger partial charge in [0.15, 0.2) is 0 Å². The molecule has 1 aromatic carbocycles. The summed E-state index contributed by atoms with van der Waals surface area (Å²) in [6.45, 7) is 4.80. The second-order valence-electron chi connectivity index (χ2n) is 4.70. The van der Waals surface area contributed by atoms with Crippen molar-refractivity contribution in [1.29, 1.82) is 0 Å². The molecular weight excluding hydrogens is 247 g/mol. The highest BCUT2D eigenvalue weighted by molar-refractivity contribution is 7.15. The van der Waals surface area contributed by atoms with Crippen molar-refractivity contribution in [3.8, 4) is 10.6 Å². The van der Waals surface area contributed by atoms with Gasteiger partial charge in [-0.25, -0.2) is 9.37 Å². The lowest BCUT2D eigenvalue weighted by Gasteiger charge is -2.02. The Morgan fingerprint density at radius 3 is 2.78 bits per heavy atom. The fraction of sp³-hybridized carbons (Fsp3) is 0.357. The van der Waals surface area contributed by atoms with E-state index in [-0.39, 0.29) is 5.82 Å². The van der Waals surface area contributed by atoms with Gasteiger partial charge in [-0.05, 0) is 24.5 Å². The summed E-state index contributed by atoms with van der Waals surface area (Å²) in [6.07, 6.45) is 0.915. The van der Waals surface area contributed by atoms with E-state index >= 15 is 0 Å². The zero-order chi connectivity index (χ0) is 13.1. The van der Waals surface area contributed by atoms with Crippen LogP contribution in [-0.4, -0.2) is 4.98 Å². The van der Waals surface area contributed by atoms with Crippen LogP contribution in [0.2, 0.25) is 0 Å². The van der Waals surface area contributed by atoms with Crippen molar-refractivity contribution >= 4 is 11.3 Å². The number of halogens is 1. The van der Waals surface area contributed by atoms with Gasteiger partial charge >= 0.3 is 0 Å².